The third-order valence-corrected chi connectivity index (χ3v) is 3.32. The summed E-state index contributed by atoms with van der Waals surface area (Å²) < 4.78 is 11.1. The highest BCUT2D eigenvalue weighted by molar-refractivity contribution is 7.85. The Kier molecular flexibility index (Phi) is 8.94. The van der Waals surface area contributed by atoms with E-state index in [9.17, 15) is 9.00 Å². The maximum atomic E-state index is 11.1. The van der Waals surface area contributed by atoms with Gasteiger partial charge in [-0.25, -0.2) is 0 Å². The molecule has 1 atom stereocenters. The van der Waals surface area contributed by atoms with Gasteiger partial charge in [-0.2, -0.15) is 0 Å². The highest BCUT2D eigenvalue weighted by Crippen LogP contribution is 2.05. The first-order chi connectivity index (χ1) is 6.66. The van der Waals surface area contributed by atoms with Crippen LogP contribution in [0.3, 0.4) is 0 Å². The van der Waals surface area contributed by atoms with Gasteiger partial charge in [0.2, 0.25) is 0 Å². The van der Waals surface area contributed by atoms with Crippen LogP contribution in [-0.2, 0) is 15.6 Å². The lowest BCUT2D eigenvalue weighted by Gasteiger charge is -2.00. The minimum Gasteiger partial charge on any atom is -0.481 e. The van der Waals surface area contributed by atoms with Crippen molar-refractivity contribution in [3.63, 3.8) is 0 Å². The Bertz CT molecular complexity index is 180. The summed E-state index contributed by atoms with van der Waals surface area (Å²) in [6.45, 7) is 2.17. The number of rotatable bonds is 9. The number of carboxylic acid groups (broad SMARTS) is 1. The Morgan fingerprint density at radius 2 is 1.71 bits per heavy atom. The Morgan fingerprint density at radius 3 is 2.29 bits per heavy atom. The van der Waals surface area contributed by atoms with E-state index in [1.165, 1.54) is 25.7 Å². The van der Waals surface area contributed by atoms with Gasteiger partial charge in [-0.3, -0.25) is 9.00 Å². The predicted molar refractivity (Wildman–Crippen MR) is 58.9 cm³/mol. The first-order valence-corrected chi connectivity index (χ1v) is 6.72. The number of aliphatic carboxylic acids is 1. The number of hydrogen-bond donors (Lipinski definition) is 1. The van der Waals surface area contributed by atoms with Crippen LogP contribution in [-0.4, -0.2) is 26.8 Å². The molecule has 0 rings (SSSR count). The van der Waals surface area contributed by atoms with Crippen molar-refractivity contribution in [1.29, 1.82) is 0 Å². The van der Waals surface area contributed by atoms with Crippen molar-refractivity contribution in [1.82, 2.24) is 0 Å². The molecular weight excluding hydrogens is 200 g/mol. The molecule has 0 saturated carbocycles. The molecule has 4 heteroatoms. The van der Waals surface area contributed by atoms with Crippen molar-refractivity contribution in [2.45, 2.75) is 45.4 Å². The fourth-order valence-electron chi connectivity index (χ4n) is 1.25. The van der Waals surface area contributed by atoms with Crippen LogP contribution in [0.5, 0.6) is 0 Å². The van der Waals surface area contributed by atoms with Crippen LogP contribution < -0.4 is 0 Å². The molecule has 84 valence electrons. The molecule has 0 aliphatic rings. The first kappa shape index (κ1) is 13.6. The predicted octanol–water partition coefficient (Wildman–Crippen LogP) is 2.18. The summed E-state index contributed by atoms with van der Waals surface area (Å²) in [7, 11) is -1.16. The largest absolute Gasteiger partial charge is 0.481 e. The third kappa shape index (κ3) is 9.71. The van der Waals surface area contributed by atoms with E-state index in [0.717, 1.165) is 12.8 Å². The lowest BCUT2D eigenvalue weighted by atomic mass is 10.1. The van der Waals surface area contributed by atoms with E-state index in [-0.39, 0.29) is 5.75 Å². The van der Waals surface area contributed by atoms with Gasteiger partial charge in [0.05, 0.1) is 0 Å². The standard InChI is InChI=1S/C10H20O3S/c1-2-3-4-5-6-7-8-14(13)9-10(11)12/h2-9H2,1H3,(H,11,12). The second-order valence-electron chi connectivity index (χ2n) is 3.45. The average molecular weight is 220 g/mol. The average Bonchev–Trinajstić information content (AvgIpc) is 2.10. The van der Waals surface area contributed by atoms with Gasteiger partial charge >= 0.3 is 5.97 Å². The zero-order chi connectivity index (χ0) is 10.8. The van der Waals surface area contributed by atoms with Crippen LogP contribution in [0.1, 0.15) is 45.4 Å². The van der Waals surface area contributed by atoms with E-state index < -0.39 is 16.8 Å². The lowest BCUT2D eigenvalue weighted by molar-refractivity contribution is -0.133. The van der Waals surface area contributed by atoms with Crippen molar-refractivity contribution in [3.05, 3.63) is 0 Å². The maximum absolute atomic E-state index is 11.1. The molecule has 0 saturated heterocycles. The van der Waals surface area contributed by atoms with Crippen molar-refractivity contribution < 1.29 is 14.1 Å². The van der Waals surface area contributed by atoms with Crippen LogP contribution in [0.2, 0.25) is 0 Å². The molecule has 0 aliphatic heterocycles. The molecular formula is C10H20O3S. The van der Waals surface area contributed by atoms with E-state index in [0.29, 0.717) is 5.75 Å². The normalized spacial score (nSPS) is 12.6. The fourth-order valence-corrected chi connectivity index (χ4v) is 2.20. The SMILES string of the molecule is CCCCCCCCS(=O)CC(=O)O. The van der Waals surface area contributed by atoms with Gasteiger partial charge in [-0.05, 0) is 6.42 Å². The van der Waals surface area contributed by atoms with Gasteiger partial charge in [-0.15, -0.1) is 0 Å². The smallest absolute Gasteiger partial charge is 0.316 e. The summed E-state index contributed by atoms with van der Waals surface area (Å²) in [5.74, 6) is -0.623. The number of carbonyl (C=O) groups is 1. The van der Waals surface area contributed by atoms with E-state index >= 15 is 0 Å². The second kappa shape index (κ2) is 9.19. The Labute approximate surface area is 88.4 Å². The minimum atomic E-state index is -1.16. The summed E-state index contributed by atoms with van der Waals surface area (Å²) in [5, 5.41) is 8.36. The second-order valence-corrected chi connectivity index (χ2v) is 5.03. The molecule has 0 heterocycles. The molecule has 14 heavy (non-hydrogen) atoms. The molecule has 0 aliphatic carbocycles. The monoisotopic (exact) mass is 220 g/mol. The van der Waals surface area contributed by atoms with Crippen LogP contribution in [0, 0.1) is 0 Å². The van der Waals surface area contributed by atoms with Gasteiger partial charge in [-0.1, -0.05) is 39.0 Å². The van der Waals surface area contributed by atoms with Crippen LogP contribution in [0.4, 0.5) is 0 Å². The molecule has 0 aromatic carbocycles. The number of unbranched alkanes of at least 4 members (excludes halogenated alkanes) is 5. The molecule has 0 fully saturated rings. The zero-order valence-corrected chi connectivity index (χ0v) is 9.65. The molecule has 0 amide bonds. The molecule has 0 radical (unpaired) electrons. The quantitative estimate of drug-likeness (QED) is 0.606. The Balaban J connectivity index is 3.19. The van der Waals surface area contributed by atoms with Crippen LogP contribution >= 0.6 is 0 Å². The van der Waals surface area contributed by atoms with Crippen molar-refractivity contribution in [2.24, 2.45) is 0 Å². The van der Waals surface area contributed by atoms with E-state index in [1.807, 2.05) is 0 Å². The molecule has 0 spiro atoms. The van der Waals surface area contributed by atoms with E-state index in [2.05, 4.69) is 6.92 Å². The summed E-state index contributed by atoms with van der Waals surface area (Å²) in [4.78, 5) is 10.2. The van der Waals surface area contributed by atoms with E-state index in [1.54, 1.807) is 0 Å². The highest BCUT2D eigenvalue weighted by atomic mass is 32.2. The summed E-state index contributed by atoms with van der Waals surface area (Å²) in [6, 6.07) is 0. The maximum Gasteiger partial charge on any atom is 0.316 e. The molecule has 0 bridgehead atoms. The lowest BCUT2D eigenvalue weighted by Crippen LogP contribution is -2.11. The van der Waals surface area contributed by atoms with Gasteiger partial charge in [0.1, 0.15) is 5.75 Å². The molecule has 1 unspecified atom stereocenters. The first-order valence-electron chi connectivity index (χ1n) is 5.23. The topological polar surface area (TPSA) is 54.4 Å². The third-order valence-electron chi connectivity index (χ3n) is 2.01. The summed E-state index contributed by atoms with van der Waals surface area (Å²) >= 11 is 0. The van der Waals surface area contributed by atoms with Crippen molar-refractivity contribution in [3.8, 4) is 0 Å². The fraction of sp³-hybridized carbons (Fsp3) is 0.900. The summed E-state index contributed by atoms with van der Waals surface area (Å²) in [5.41, 5.74) is 0. The van der Waals surface area contributed by atoms with Crippen molar-refractivity contribution >= 4 is 16.8 Å². The van der Waals surface area contributed by atoms with Crippen molar-refractivity contribution in [2.75, 3.05) is 11.5 Å². The minimum absolute atomic E-state index is 0.199. The van der Waals surface area contributed by atoms with E-state index in [4.69, 9.17) is 5.11 Å². The van der Waals surface area contributed by atoms with Gasteiger partial charge in [0.15, 0.2) is 0 Å². The molecule has 1 N–H and O–H groups in total. The van der Waals surface area contributed by atoms with Gasteiger partial charge in [0, 0.05) is 16.6 Å². The van der Waals surface area contributed by atoms with Gasteiger partial charge < -0.3 is 5.11 Å². The number of carboxylic acids is 1. The molecule has 3 nitrogen and oxygen atoms in total. The van der Waals surface area contributed by atoms with Crippen LogP contribution in [0.15, 0.2) is 0 Å². The molecule has 0 aromatic rings. The van der Waals surface area contributed by atoms with Gasteiger partial charge in [0.25, 0.3) is 0 Å². The highest BCUT2D eigenvalue weighted by Gasteiger charge is 2.04. The number of hydrogen-bond acceptors (Lipinski definition) is 2. The van der Waals surface area contributed by atoms with Crippen LogP contribution in [0.25, 0.3) is 0 Å². The summed E-state index contributed by atoms with van der Waals surface area (Å²) in [6.07, 6.45) is 6.87. The zero-order valence-electron chi connectivity index (χ0n) is 8.83. The Morgan fingerprint density at radius 1 is 1.14 bits per heavy atom. The Hall–Kier alpha value is -0.380. The molecule has 0 aromatic heterocycles.